The molecule has 1 aromatic rings. The predicted molar refractivity (Wildman–Crippen MR) is 168 cm³/mol. The van der Waals surface area contributed by atoms with Crippen LogP contribution in [0.4, 0.5) is 0 Å². The van der Waals surface area contributed by atoms with Gasteiger partial charge in [-0.15, -0.1) is 0 Å². The van der Waals surface area contributed by atoms with Crippen molar-refractivity contribution in [3.05, 3.63) is 34.9 Å². The van der Waals surface area contributed by atoms with E-state index in [0.717, 1.165) is 63.8 Å². The molecular weight excluding hydrogens is 534 g/mol. The zero-order valence-corrected chi connectivity index (χ0v) is 26.7. The van der Waals surface area contributed by atoms with Crippen molar-refractivity contribution in [1.82, 2.24) is 25.3 Å². The van der Waals surface area contributed by atoms with Crippen molar-refractivity contribution in [3.8, 4) is 0 Å². The molecule has 3 fully saturated rings. The van der Waals surface area contributed by atoms with E-state index in [-0.39, 0.29) is 17.9 Å². The highest BCUT2D eigenvalue weighted by Gasteiger charge is 2.35. The number of rotatable bonds is 11. The molecule has 230 valence electrons. The molecule has 0 spiro atoms. The fourth-order valence-corrected chi connectivity index (χ4v) is 7.15. The maximum absolute atomic E-state index is 13.9. The molecule has 2 atom stereocenters. The number of piperidine rings is 3. The van der Waals surface area contributed by atoms with E-state index in [1.54, 1.807) is 0 Å². The Hall–Kier alpha value is -1.67. The topological polar surface area (TPSA) is 67.9 Å². The SMILES string of the molecule is CC(C)CN(C1CCN(C(=O)[C@@H](Cc2ccc(Cl)cc2)NC(=O)C[C@H]2CCCCN2)CC1)C1CCN(C(C)C)CC1. The average molecular weight is 588 g/mol. The van der Waals surface area contributed by atoms with Gasteiger partial charge in [0.15, 0.2) is 0 Å². The molecule has 1 aromatic carbocycles. The molecule has 0 bridgehead atoms. The number of carbonyl (C=O) groups excluding carboxylic acids is 2. The summed E-state index contributed by atoms with van der Waals surface area (Å²) in [6.45, 7) is 15.2. The zero-order valence-electron chi connectivity index (χ0n) is 25.9. The first-order chi connectivity index (χ1) is 19.7. The van der Waals surface area contributed by atoms with Gasteiger partial charge in [0, 0.05) is 61.7 Å². The number of likely N-dealkylation sites (tertiary alicyclic amines) is 2. The molecule has 8 heteroatoms. The monoisotopic (exact) mass is 587 g/mol. The van der Waals surface area contributed by atoms with Crippen molar-refractivity contribution in [1.29, 1.82) is 0 Å². The summed E-state index contributed by atoms with van der Waals surface area (Å²) < 4.78 is 0. The Bertz CT molecular complexity index is 949. The van der Waals surface area contributed by atoms with Gasteiger partial charge in [0.2, 0.25) is 11.8 Å². The van der Waals surface area contributed by atoms with Crippen molar-refractivity contribution < 1.29 is 9.59 Å². The highest BCUT2D eigenvalue weighted by atomic mass is 35.5. The molecule has 0 unspecified atom stereocenters. The molecule has 0 radical (unpaired) electrons. The molecular formula is C33H54ClN5O2. The van der Waals surface area contributed by atoms with Crippen LogP contribution in [0.5, 0.6) is 0 Å². The molecule has 0 aliphatic carbocycles. The molecule has 0 saturated carbocycles. The molecule has 2 amide bonds. The van der Waals surface area contributed by atoms with E-state index >= 15 is 0 Å². The van der Waals surface area contributed by atoms with Crippen LogP contribution in [-0.2, 0) is 16.0 Å². The maximum atomic E-state index is 13.9. The van der Waals surface area contributed by atoms with Gasteiger partial charge in [-0.2, -0.15) is 0 Å². The third-order valence-corrected chi connectivity index (χ3v) is 9.60. The third kappa shape index (κ3) is 9.67. The molecule has 3 aliphatic rings. The average Bonchev–Trinajstić information content (AvgIpc) is 2.97. The Balaban J connectivity index is 1.38. The summed E-state index contributed by atoms with van der Waals surface area (Å²) in [5.74, 6) is 0.627. The normalized spacial score (nSPS) is 22.4. The molecule has 2 N–H and O–H groups in total. The lowest BCUT2D eigenvalue weighted by atomic mass is 9.94. The number of halogens is 1. The van der Waals surface area contributed by atoms with Crippen LogP contribution < -0.4 is 10.6 Å². The van der Waals surface area contributed by atoms with Gasteiger partial charge in [0.1, 0.15) is 6.04 Å². The Morgan fingerprint density at radius 1 is 0.951 bits per heavy atom. The number of carbonyl (C=O) groups is 2. The maximum Gasteiger partial charge on any atom is 0.245 e. The van der Waals surface area contributed by atoms with Crippen LogP contribution in [0.15, 0.2) is 24.3 Å². The first-order valence-electron chi connectivity index (χ1n) is 16.3. The fraction of sp³-hybridized carbons (Fsp3) is 0.758. The van der Waals surface area contributed by atoms with Gasteiger partial charge >= 0.3 is 0 Å². The number of hydrogen-bond acceptors (Lipinski definition) is 5. The van der Waals surface area contributed by atoms with Gasteiger partial charge in [0.25, 0.3) is 0 Å². The predicted octanol–water partition coefficient (Wildman–Crippen LogP) is 4.72. The molecule has 3 heterocycles. The summed E-state index contributed by atoms with van der Waals surface area (Å²) in [7, 11) is 0. The number of nitrogens with one attached hydrogen (secondary N) is 2. The Labute approximate surface area is 253 Å². The van der Waals surface area contributed by atoms with Gasteiger partial charge in [-0.25, -0.2) is 0 Å². The number of nitrogens with zero attached hydrogens (tertiary/aromatic N) is 3. The summed E-state index contributed by atoms with van der Waals surface area (Å²) in [4.78, 5) is 34.4. The smallest absolute Gasteiger partial charge is 0.245 e. The van der Waals surface area contributed by atoms with Crippen LogP contribution in [-0.4, -0.2) is 96.0 Å². The standard InChI is InChI=1S/C33H54ClN5O2/c1-24(2)23-39(29-12-17-37(18-13-29)25(3)4)30-14-19-38(20-15-30)33(41)31(21-26-8-10-27(34)11-9-26)36-32(40)22-28-7-5-6-16-35-28/h8-11,24-25,28-31,35H,5-7,12-23H2,1-4H3,(H,36,40)/t28-,31-/m1/s1. The molecule has 41 heavy (non-hydrogen) atoms. The molecule has 0 aromatic heterocycles. The van der Waals surface area contributed by atoms with Crippen molar-refractivity contribution in [3.63, 3.8) is 0 Å². The molecule has 3 aliphatic heterocycles. The van der Waals surface area contributed by atoms with E-state index < -0.39 is 6.04 Å². The minimum Gasteiger partial charge on any atom is -0.344 e. The minimum absolute atomic E-state index is 0.0394. The van der Waals surface area contributed by atoms with E-state index in [4.69, 9.17) is 11.6 Å². The first-order valence-corrected chi connectivity index (χ1v) is 16.6. The van der Waals surface area contributed by atoms with E-state index in [2.05, 4.69) is 48.1 Å². The quantitative estimate of drug-likeness (QED) is 0.392. The largest absolute Gasteiger partial charge is 0.344 e. The zero-order chi connectivity index (χ0) is 29.4. The van der Waals surface area contributed by atoms with Gasteiger partial charge < -0.3 is 20.4 Å². The van der Waals surface area contributed by atoms with Crippen LogP contribution in [0, 0.1) is 5.92 Å². The lowest BCUT2D eigenvalue weighted by Crippen LogP contribution is -2.57. The second-order valence-electron chi connectivity index (χ2n) is 13.3. The van der Waals surface area contributed by atoms with Crippen LogP contribution >= 0.6 is 11.6 Å². The second kappa shape index (κ2) is 15.7. The van der Waals surface area contributed by atoms with Gasteiger partial charge in [-0.3, -0.25) is 14.5 Å². The van der Waals surface area contributed by atoms with Crippen molar-refractivity contribution >= 4 is 23.4 Å². The number of benzene rings is 1. The molecule has 3 saturated heterocycles. The summed E-state index contributed by atoms with van der Waals surface area (Å²) in [5.41, 5.74) is 1.01. The summed E-state index contributed by atoms with van der Waals surface area (Å²) in [6.07, 6.45) is 8.69. The van der Waals surface area contributed by atoms with Crippen molar-refractivity contribution in [2.75, 3.05) is 39.3 Å². The highest BCUT2D eigenvalue weighted by molar-refractivity contribution is 6.30. The van der Waals surface area contributed by atoms with Crippen molar-refractivity contribution in [2.24, 2.45) is 5.92 Å². The van der Waals surface area contributed by atoms with Crippen molar-refractivity contribution in [2.45, 2.75) is 116 Å². The van der Waals surface area contributed by atoms with E-state index in [1.165, 1.54) is 25.9 Å². The molecule has 4 rings (SSSR count). The molecule has 7 nitrogen and oxygen atoms in total. The lowest BCUT2D eigenvalue weighted by Gasteiger charge is -2.46. The lowest BCUT2D eigenvalue weighted by molar-refractivity contribution is -0.138. The van der Waals surface area contributed by atoms with Crippen LogP contribution in [0.1, 0.15) is 84.6 Å². The van der Waals surface area contributed by atoms with Gasteiger partial charge in [-0.1, -0.05) is 44.0 Å². The van der Waals surface area contributed by atoms with Crippen LogP contribution in [0.25, 0.3) is 0 Å². The summed E-state index contributed by atoms with van der Waals surface area (Å²) in [5, 5.41) is 7.26. The Kier molecular flexibility index (Phi) is 12.3. The summed E-state index contributed by atoms with van der Waals surface area (Å²) in [6, 6.07) is 9.02. The summed E-state index contributed by atoms with van der Waals surface area (Å²) >= 11 is 6.11. The first kappa shape index (κ1) is 32.2. The third-order valence-electron chi connectivity index (χ3n) is 9.35. The number of hydrogen-bond donors (Lipinski definition) is 2. The van der Waals surface area contributed by atoms with E-state index in [1.807, 2.05) is 29.2 Å². The van der Waals surface area contributed by atoms with E-state index in [0.29, 0.717) is 41.9 Å². The van der Waals surface area contributed by atoms with Gasteiger partial charge in [0.05, 0.1) is 0 Å². The minimum atomic E-state index is -0.559. The second-order valence-corrected chi connectivity index (χ2v) is 13.7. The van der Waals surface area contributed by atoms with Crippen LogP contribution in [0.3, 0.4) is 0 Å². The van der Waals surface area contributed by atoms with Crippen LogP contribution in [0.2, 0.25) is 5.02 Å². The van der Waals surface area contributed by atoms with E-state index in [9.17, 15) is 9.59 Å². The Morgan fingerprint density at radius 2 is 1.59 bits per heavy atom. The fourth-order valence-electron chi connectivity index (χ4n) is 7.02. The Morgan fingerprint density at radius 3 is 2.15 bits per heavy atom. The highest BCUT2D eigenvalue weighted by Crippen LogP contribution is 2.27. The number of amides is 2. The van der Waals surface area contributed by atoms with Gasteiger partial charge in [-0.05, 0) is 95.6 Å².